The van der Waals surface area contributed by atoms with Crippen molar-refractivity contribution in [2.75, 3.05) is 6.54 Å². The van der Waals surface area contributed by atoms with Gasteiger partial charge in [0.15, 0.2) is 0 Å². The van der Waals surface area contributed by atoms with Crippen LogP contribution in [0.5, 0.6) is 0 Å². The Morgan fingerprint density at radius 1 is 1.53 bits per heavy atom. The molecule has 1 atom stereocenters. The van der Waals surface area contributed by atoms with Crippen molar-refractivity contribution in [3.8, 4) is 0 Å². The number of nitrogens with one attached hydrogen (secondary N) is 1. The first kappa shape index (κ1) is 15.9. The Morgan fingerprint density at radius 3 is 2.84 bits per heavy atom. The van der Waals surface area contributed by atoms with Crippen molar-refractivity contribution in [1.29, 1.82) is 0 Å². The number of hydrogen-bond acceptors (Lipinski definition) is 3. The van der Waals surface area contributed by atoms with E-state index in [1.165, 1.54) is 6.08 Å². The molecular formula is C13H16BrNO3S. The minimum atomic E-state index is -0.797. The largest absolute Gasteiger partial charge is 0.481 e. The highest BCUT2D eigenvalue weighted by Gasteiger charge is 2.09. The Hall–Kier alpha value is -1.14. The molecule has 1 unspecified atom stereocenters. The Balaban J connectivity index is 2.21. The highest BCUT2D eigenvalue weighted by atomic mass is 79.9. The van der Waals surface area contributed by atoms with E-state index in [9.17, 15) is 9.59 Å². The molecule has 0 aliphatic carbocycles. The van der Waals surface area contributed by atoms with Crippen molar-refractivity contribution >= 4 is 45.2 Å². The van der Waals surface area contributed by atoms with Crippen LogP contribution < -0.4 is 5.32 Å². The normalized spacial score (nSPS) is 12.5. The van der Waals surface area contributed by atoms with Crippen molar-refractivity contribution in [2.45, 2.75) is 19.8 Å². The van der Waals surface area contributed by atoms with E-state index >= 15 is 0 Å². The first-order chi connectivity index (χ1) is 8.99. The summed E-state index contributed by atoms with van der Waals surface area (Å²) in [7, 11) is 0. The highest BCUT2D eigenvalue weighted by molar-refractivity contribution is 9.11. The second kappa shape index (κ2) is 8.12. The number of halogens is 1. The lowest BCUT2D eigenvalue weighted by atomic mass is 10.1. The van der Waals surface area contributed by atoms with Crippen LogP contribution in [0.3, 0.4) is 0 Å². The SMILES string of the molecule is CC(CCCNC(=O)/C=C/c1ccc(Br)s1)C(=O)O. The molecule has 0 fully saturated rings. The molecular weight excluding hydrogens is 330 g/mol. The van der Waals surface area contributed by atoms with Gasteiger partial charge < -0.3 is 10.4 Å². The number of carbonyl (C=O) groups excluding carboxylic acids is 1. The van der Waals surface area contributed by atoms with Gasteiger partial charge in [-0.1, -0.05) is 6.92 Å². The maximum absolute atomic E-state index is 11.5. The minimum Gasteiger partial charge on any atom is -0.481 e. The van der Waals surface area contributed by atoms with Crippen LogP contribution in [0.2, 0.25) is 0 Å². The molecule has 0 radical (unpaired) electrons. The number of thiophene rings is 1. The first-order valence-electron chi connectivity index (χ1n) is 5.93. The summed E-state index contributed by atoms with van der Waals surface area (Å²) >= 11 is 4.90. The molecule has 1 heterocycles. The van der Waals surface area contributed by atoms with Gasteiger partial charge in [-0.05, 0) is 47.0 Å². The summed E-state index contributed by atoms with van der Waals surface area (Å²) in [6.45, 7) is 2.16. The van der Waals surface area contributed by atoms with Crippen molar-refractivity contribution in [3.63, 3.8) is 0 Å². The molecule has 1 amide bonds. The van der Waals surface area contributed by atoms with Crippen LogP contribution >= 0.6 is 27.3 Å². The van der Waals surface area contributed by atoms with E-state index in [-0.39, 0.29) is 11.8 Å². The molecule has 1 aromatic heterocycles. The molecule has 0 aliphatic rings. The molecule has 4 nitrogen and oxygen atoms in total. The topological polar surface area (TPSA) is 66.4 Å². The van der Waals surface area contributed by atoms with Gasteiger partial charge in [-0.3, -0.25) is 9.59 Å². The molecule has 1 aromatic rings. The lowest BCUT2D eigenvalue weighted by molar-refractivity contribution is -0.141. The fourth-order valence-corrected chi connectivity index (χ4v) is 2.70. The van der Waals surface area contributed by atoms with Gasteiger partial charge in [0.1, 0.15) is 0 Å². The maximum Gasteiger partial charge on any atom is 0.306 e. The predicted molar refractivity (Wildman–Crippen MR) is 80.1 cm³/mol. The molecule has 0 bridgehead atoms. The van der Waals surface area contributed by atoms with Crippen LogP contribution in [0.4, 0.5) is 0 Å². The zero-order valence-corrected chi connectivity index (χ0v) is 13.0. The fraction of sp³-hybridized carbons (Fsp3) is 0.385. The molecule has 1 rings (SSSR count). The summed E-state index contributed by atoms with van der Waals surface area (Å²) in [6.07, 6.45) is 4.47. The fourth-order valence-electron chi connectivity index (χ4n) is 1.38. The Morgan fingerprint density at radius 2 is 2.26 bits per heavy atom. The number of carbonyl (C=O) groups is 2. The third-order valence-corrected chi connectivity index (χ3v) is 4.12. The number of carboxylic acids is 1. The Kier molecular flexibility index (Phi) is 6.80. The van der Waals surface area contributed by atoms with Crippen molar-refractivity contribution < 1.29 is 14.7 Å². The molecule has 2 N–H and O–H groups in total. The Labute approximate surface area is 124 Å². The lowest BCUT2D eigenvalue weighted by Crippen LogP contribution is -2.23. The minimum absolute atomic E-state index is 0.160. The van der Waals surface area contributed by atoms with E-state index in [0.717, 1.165) is 8.66 Å². The number of amides is 1. The molecule has 6 heteroatoms. The van der Waals surface area contributed by atoms with E-state index in [4.69, 9.17) is 5.11 Å². The standard InChI is InChI=1S/C13H16BrNO3S/c1-9(13(17)18)3-2-8-15-12(16)7-5-10-4-6-11(14)19-10/h4-7,9H,2-3,8H2,1H3,(H,15,16)(H,17,18)/b7-5+. The van der Waals surface area contributed by atoms with Gasteiger partial charge in [-0.25, -0.2) is 0 Å². The molecule has 0 aliphatic heterocycles. The molecule has 104 valence electrons. The predicted octanol–water partition coefficient (Wildman–Crippen LogP) is 3.14. The van der Waals surface area contributed by atoms with E-state index in [1.54, 1.807) is 24.3 Å². The molecule has 0 saturated heterocycles. The van der Waals surface area contributed by atoms with Crippen LogP contribution in [0.25, 0.3) is 6.08 Å². The van der Waals surface area contributed by atoms with E-state index in [1.807, 2.05) is 12.1 Å². The molecule has 0 aromatic carbocycles. The zero-order valence-electron chi connectivity index (χ0n) is 10.6. The van der Waals surface area contributed by atoms with Gasteiger partial charge in [0.2, 0.25) is 5.91 Å². The van der Waals surface area contributed by atoms with Crippen molar-refractivity contribution in [3.05, 3.63) is 26.9 Å². The maximum atomic E-state index is 11.5. The average molecular weight is 346 g/mol. The van der Waals surface area contributed by atoms with Crippen LogP contribution in [0, 0.1) is 5.92 Å². The number of hydrogen-bond donors (Lipinski definition) is 2. The number of rotatable bonds is 7. The second-order valence-electron chi connectivity index (χ2n) is 4.15. The number of aliphatic carboxylic acids is 1. The van der Waals surface area contributed by atoms with Gasteiger partial charge >= 0.3 is 5.97 Å². The highest BCUT2D eigenvalue weighted by Crippen LogP contribution is 2.22. The summed E-state index contributed by atoms with van der Waals surface area (Å²) in [5, 5.41) is 11.4. The summed E-state index contributed by atoms with van der Waals surface area (Å²) in [4.78, 5) is 23.1. The third-order valence-electron chi connectivity index (χ3n) is 2.53. The first-order valence-corrected chi connectivity index (χ1v) is 7.54. The van der Waals surface area contributed by atoms with Gasteiger partial charge in [0, 0.05) is 17.5 Å². The van der Waals surface area contributed by atoms with Gasteiger partial charge in [-0.15, -0.1) is 11.3 Å². The van der Waals surface area contributed by atoms with Crippen LogP contribution in [-0.4, -0.2) is 23.5 Å². The summed E-state index contributed by atoms with van der Waals surface area (Å²) in [5.74, 6) is -1.32. The second-order valence-corrected chi connectivity index (χ2v) is 6.64. The van der Waals surface area contributed by atoms with Crippen molar-refractivity contribution in [1.82, 2.24) is 5.32 Å². The lowest BCUT2D eigenvalue weighted by Gasteiger charge is -2.05. The van der Waals surface area contributed by atoms with Gasteiger partial charge in [0.05, 0.1) is 9.70 Å². The molecule has 0 spiro atoms. The van der Waals surface area contributed by atoms with Gasteiger partial charge in [0.25, 0.3) is 0 Å². The molecule has 0 saturated carbocycles. The molecule has 19 heavy (non-hydrogen) atoms. The van der Waals surface area contributed by atoms with E-state index in [2.05, 4.69) is 21.2 Å². The summed E-state index contributed by atoms with van der Waals surface area (Å²) in [5.41, 5.74) is 0. The summed E-state index contributed by atoms with van der Waals surface area (Å²) < 4.78 is 1.02. The summed E-state index contributed by atoms with van der Waals surface area (Å²) in [6, 6.07) is 3.85. The van der Waals surface area contributed by atoms with Crippen LogP contribution in [-0.2, 0) is 9.59 Å². The zero-order chi connectivity index (χ0) is 14.3. The monoisotopic (exact) mass is 345 g/mol. The van der Waals surface area contributed by atoms with Gasteiger partial charge in [-0.2, -0.15) is 0 Å². The van der Waals surface area contributed by atoms with Crippen molar-refractivity contribution in [2.24, 2.45) is 5.92 Å². The Bertz CT molecular complexity index is 470. The van der Waals surface area contributed by atoms with E-state index < -0.39 is 5.97 Å². The van der Waals surface area contributed by atoms with Crippen LogP contribution in [0.1, 0.15) is 24.6 Å². The average Bonchev–Trinajstić information content (AvgIpc) is 2.77. The quantitative estimate of drug-likeness (QED) is 0.589. The van der Waals surface area contributed by atoms with E-state index in [0.29, 0.717) is 19.4 Å². The number of carboxylic acid groups (broad SMARTS) is 1. The van der Waals surface area contributed by atoms with Crippen LogP contribution in [0.15, 0.2) is 22.0 Å². The smallest absolute Gasteiger partial charge is 0.306 e. The third kappa shape index (κ3) is 6.54.